The average molecular weight is 156 g/mol. The second kappa shape index (κ2) is 3.59. The van der Waals surface area contributed by atoms with Gasteiger partial charge in [-0.25, -0.2) is 0 Å². The number of benzene rings is 1. The third kappa shape index (κ3) is 1.72. The van der Waals surface area contributed by atoms with Gasteiger partial charge in [-0.05, 0) is 5.56 Å². The molecule has 0 heterocycles. The van der Waals surface area contributed by atoms with Gasteiger partial charge in [0.2, 0.25) is 0 Å². The number of rotatable bonds is 2. The van der Waals surface area contributed by atoms with Crippen LogP contribution < -0.4 is 0 Å². The summed E-state index contributed by atoms with van der Waals surface area (Å²) in [6.45, 7) is 0. The van der Waals surface area contributed by atoms with Crippen LogP contribution in [0.3, 0.4) is 0 Å². The van der Waals surface area contributed by atoms with Crippen molar-refractivity contribution in [2.24, 2.45) is 0 Å². The molecule has 0 spiro atoms. The van der Waals surface area contributed by atoms with Crippen molar-refractivity contribution in [3.8, 4) is 0 Å². The zero-order chi connectivity index (χ0) is 7.40. The van der Waals surface area contributed by atoms with Gasteiger partial charge in [-0.15, -0.1) is 11.6 Å². The molecule has 0 atom stereocenters. The molecule has 0 aromatic heterocycles. The Morgan fingerprint density at radius 1 is 1.30 bits per heavy atom. The molecule has 10 heavy (non-hydrogen) atoms. The monoisotopic (exact) mass is 155 g/mol. The summed E-state index contributed by atoms with van der Waals surface area (Å²) < 4.78 is 0. The Morgan fingerprint density at radius 3 is 2.40 bits per heavy atom. The minimum atomic E-state index is 0.171. The van der Waals surface area contributed by atoms with Crippen molar-refractivity contribution >= 4 is 11.6 Å². The molecule has 0 saturated carbocycles. The van der Waals surface area contributed by atoms with Crippen LogP contribution in [0.5, 0.6) is 0 Å². The lowest BCUT2D eigenvalue weighted by Crippen LogP contribution is -1.98. The number of halogens is 1. The Bertz CT molecular complexity index is 186. The fourth-order valence-electron chi connectivity index (χ4n) is 0.708. The van der Waals surface area contributed by atoms with Crippen LogP contribution in [0.4, 0.5) is 0 Å². The second-order valence-electron chi connectivity index (χ2n) is 1.95. The molecule has 0 fully saturated rings. The predicted molar refractivity (Wildman–Crippen MR) is 41.4 cm³/mol. The highest BCUT2D eigenvalue weighted by molar-refractivity contribution is 6.19. The predicted octanol–water partition coefficient (Wildman–Crippen LogP) is 2.18. The first-order chi connectivity index (χ1) is 4.84. The number of hydrogen-bond acceptors (Lipinski definition) is 1. The van der Waals surface area contributed by atoms with Crippen molar-refractivity contribution in [3.63, 3.8) is 0 Å². The zero-order valence-corrected chi connectivity index (χ0v) is 6.17. The Labute approximate surface area is 65.3 Å². The van der Waals surface area contributed by atoms with Gasteiger partial charge in [-0.1, -0.05) is 30.3 Å². The van der Waals surface area contributed by atoms with Gasteiger partial charge in [-0.3, -0.25) is 0 Å². The quantitative estimate of drug-likeness (QED) is 0.650. The molecule has 1 radical (unpaired) electrons. The van der Waals surface area contributed by atoms with Crippen LogP contribution in [-0.2, 0) is 0 Å². The van der Waals surface area contributed by atoms with Crippen molar-refractivity contribution in [3.05, 3.63) is 42.0 Å². The lowest BCUT2D eigenvalue weighted by Gasteiger charge is -2.02. The van der Waals surface area contributed by atoms with Crippen LogP contribution in [0, 0.1) is 6.10 Å². The first-order valence-corrected chi connectivity index (χ1v) is 3.54. The van der Waals surface area contributed by atoms with E-state index in [-0.39, 0.29) is 12.0 Å². The highest BCUT2D eigenvalue weighted by Crippen LogP contribution is 2.11. The number of hydrogen-bond donors (Lipinski definition) is 1. The first-order valence-electron chi connectivity index (χ1n) is 3.01. The van der Waals surface area contributed by atoms with Crippen molar-refractivity contribution in [1.82, 2.24) is 0 Å². The molecule has 0 aliphatic carbocycles. The summed E-state index contributed by atoms with van der Waals surface area (Å²) in [6.07, 6.45) is 0.224. The molecule has 2 heteroatoms. The fourth-order valence-corrected chi connectivity index (χ4v) is 0.862. The minimum Gasteiger partial charge on any atom is -0.380 e. The Balaban J connectivity index is 2.75. The maximum absolute atomic E-state index is 9.11. The van der Waals surface area contributed by atoms with Crippen molar-refractivity contribution in [2.75, 3.05) is 5.88 Å². The zero-order valence-electron chi connectivity index (χ0n) is 5.42. The molecule has 0 saturated heterocycles. The van der Waals surface area contributed by atoms with Gasteiger partial charge in [0.1, 0.15) is 6.10 Å². The van der Waals surface area contributed by atoms with Crippen LogP contribution in [0.25, 0.3) is 0 Å². The highest BCUT2D eigenvalue weighted by atomic mass is 35.5. The summed E-state index contributed by atoms with van der Waals surface area (Å²) >= 11 is 5.40. The summed E-state index contributed by atoms with van der Waals surface area (Å²) in [5.74, 6) is 0.171. The van der Waals surface area contributed by atoms with Crippen LogP contribution in [0.15, 0.2) is 30.3 Å². The number of aliphatic hydroxyl groups excluding tert-OH is 1. The molecular weight excluding hydrogens is 148 g/mol. The molecule has 0 aliphatic heterocycles. The van der Waals surface area contributed by atoms with Crippen LogP contribution in [0.2, 0.25) is 0 Å². The molecular formula is C8H8ClO. The largest absolute Gasteiger partial charge is 0.380 e. The number of alkyl halides is 1. The smallest absolute Gasteiger partial charge is 0.137 e. The lowest BCUT2D eigenvalue weighted by atomic mass is 10.1. The van der Waals surface area contributed by atoms with Crippen molar-refractivity contribution < 1.29 is 5.11 Å². The van der Waals surface area contributed by atoms with Gasteiger partial charge in [0, 0.05) is 0 Å². The highest BCUT2D eigenvalue weighted by Gasteiger charge is 2.04. The van der Waals surface area contributed by atoms with Crippen LogP contribution in [-0.4, -0.2) is 11.0 Å². The molecule has 1 N–H and O–H groups in total. The molecule has 0 unspecified atom stereocenters. The minimum absolute atomic E-state index is 0.171. The molecule has 0 aliphatic rings. The Hall–Kier alpha value is -0.530. The van der Waals surface area contributed by atoms with Crippen molar-refractivity contribution in [1.29, 1.82) is 0 Å². The van der Waals surface area contributed by atoms with E-state index >= 15 is 0 Å². The van der Waals surface area contributed by atoms with E-state index in [4.69, 9.17) is 16.7 Å². The summed E-state index contributed by atoms with van der Waals surface area (Å²) in [6, 6.07) is 9.25. The van der Waals surface area contributed by atoms with Crippen LogP contribution in [0.1, 0.15) is 5.56 Å². The van der Waals surface area contributed by atoms with Crippen LogP contribution >= 0.6 is 11.6 Å². The molecule has 0 bridgehead atoms. The summed E-state index contributed by atoms with van der Waals surface area (Å²) in [7, 11) is 0. The molecule has 1 aromatic carbocycles. The molecule has 53 valence electrons. The van der Waals surface area contributed by atoms with E-state index in [1.54, 1.807) is 0 Å². The third-order valence-corrected chi connectivity index (χ3v) is 1.49. The fraction of sp³-hybridized carbons (Fsp3) is 0.125. The molecule has 1 aromatic rings. The maximum atomic E-state index is 9.11. The first kappa shape index (κ1) is 7.58. The average Bonchev–Trinajstić information content (AvgIpc) is 2.05. The van der Waals surface area contributed by atoms with E-state index < -0.39 is 0 Å². The molecule has 1 nitrogen and oxygen atoms in total. The Morgan fingerprint density at radius 2 is 1.90 bits per heavy atom. The second-order valence-corrected chi connectivity index (χ2v) is 2.21. The molecule has 1 rings (SSSR count). The summed E-state index contributed by atoms with van der Waals surface area (Å²) in [5.41, 5.74) is 0.789. The van der Waals surface area contributed by atoms with Crippen molar-refractivity contribution in [2.45, 2.75) is 0 Å². The maximum Gasteiger partial charge on any atom is 0.137 e. The Kier molecular flexibility index (Phi) is 2.72. The van der Waals surface area contributed by atoms with E-state index in [2.05, 4.69) is 0 Å². The van der Waals surface area contributed by atoms with Gasteiger partial charge >= 0.3 is 0 Å². The van der Waals surface area contributed by atoms with Gasteiger partial charge in [-0.2, -0.15) is 0 Å². The normalized spacial score (nSPS) is 10.3. The SMILES string of the molecule is O[C](CCl)c1ccccc1. The summed E-state index contributed by atoms with van der Waals surface area (Å²) in [4.78, 5) is 0. The van der Waals surface area contributed by atoms with E-state index in [1.165, 1.54) is 0 Å². The number of aliphatic hydroxyl groups is 1. The third-order valence-electron chi connectivity index (χ3n) is 1.23. The topological polar surface area (TPSA) is 20.2 Å². The van der Waals surface area contributed by atoms with Gasteiger partial charge in [0.15, 0.2) is 0 Å². The van der Waals surface area contributed by atoms with Gasteiger partial charge in [0.05, 0.1) is 5.88 Å². The summed E-state index contributed by atoms with van der Waals surface area (Å²) in [5, 5.41) is 9.11. The molecule has 0 amide bonds. The lowest BCUT2D eigenvalue weighted by molar-refractivity contribution is 0.343. The van der Waals surface area contributed by atoms with E-state index in [9.17, 15) is 0 Å². The standard InChI is InChI=1S/C8H8ClO/c9-6-8(10)7-4-2-1-3-5-7/h1-5,10H,6H2. The van der Waals surface area contributed by atoms with Gasteiger partial charge < -0.3 is 5.11 Å². The van der Waals surface area contributed by atoms with E-state index in [1.807, 2.05) is 30.3 Å². The van der Waals surface area contributed by atoms with Gasteiger partial charge in [0.25, 0.3) is 0 Å². The van der Waals surface area contributed by atoms with E-state index in [0.717, 1.165) is 5.56 Å². The van der Waals surface area contributed by atoms with E-state index in [0.29, 0.717) is 0 Å².